The Morgan fingerprint density at radius 2 is 1.20 bits per heavy atom. The lowest BCUT2D eigenvalue weighted by molar-refractivity contribution is 0.0954. The number of hydrogen-bond donors (Lipinski definition) is 2. The van der Waals surface area contributed by atoms with Crippen molar-refractivity contribution in [2.45, 2.75) is 0 Å². The summed E-state index contributed by atoms with van der Waals surface area (Å²) in [6, 6.07) is 6.97. The zero-order valence-electron chi connectivity index (χ0n) is 13.6. The van der Waals surface area contributed by atoms with Crippen LogP contribution < -0.4 is 19.9 Å². The Balaban J connectivity index is 2.06. The lowest BCUT2D eigenvalue weighted by atomic mass is 10.1. The van der Waals surface area contributed by atoms with Crippen molar-refractivity contribution in [3.05, 3.63) is 59.2 Å². The maximum atomic E-state index is 13.5. The van der Waals surface area contributed by atoms with Crippen molar-refractivity contribution >= 4 is 19.5 Å². The Morgan fingerprint density at radius 1 is 0.800 bits per heavy atom. The van der Waals surface area contributed by atoms with Crippen molar-refractivity contribution in [3.8, 4) is 11.5 Å². The third-order valence-electron chi connectivity index (χ3n) is 3.17. The van der Waals surface area contributed by atoms with Crippen LogP contribution in [-0.4, -0.2) is 33.6 Å². The Kier molecular flexibility index (Phi) is 5.94. The van der Waals surface area contributed by atoms with Crippen molar-refractivity contribution in [3.63, 3.8) is 0 Å². The van der Waals surface area contributed by atoms with Gasteiger partial charge in [-0.05, 0) is 24.3 Å². The lowest BCUT2D eigenvalue weighted by Gasteiger charge is -2.10. The molecular weight excluding hydrogens is 333 g/mol. The molecule has 0 saturated carbocycles. The minimum absolute atomic E-state index is 0.0709. The van der Waals surface area contributed by atoms with E-state index in [9.17, 15) is 18.4 Å². The van der Waals surface area contributed by atoms with Crippen LogP contribution in [0.4, 0.5) is 8.78 Å². The Morgan fingerprint density at radius 3 is 1.56 bits per heavy atom. The van der Waals surface area contributed by atoms with Gasteiger partial charge in [0.1, 0.15) is 23.1 Å². The summed E-state index contributed by atoms with van der Waals surface area (Å²) in [5.41, 5.74) is 0.176. The molecule has 0 bridgehead atoms. The Labute approximate surface area is 143 Å². The first-order valence-electron chi connectivity index (χ1n) is 7.24. The monoisotopic (exact) mass is 348 g/mol. The highest BCUT2D eigenvalue weighted by Gasteiger charge is 2.11. The molecule has 0 aliphatic carbocycles. The number of rotatable bonds is 6. The summed E-state index contributed by atoms with van der Waals surface area (Å²) in [6.45, 7) is 0. The fourth-order valence-corrected chi connectivity index (χ4v) is 2.01. The number of halogens is 2. The lowest BCUT2D eigenvalue weighted by Crippen LogP contribution is -2.19. The first-order chi connectivity index (χ1) is 11.9. The van der Waals surface area contributed by atoms with Gasteiger partial charge in [0.2, 0.25) is 0 Å². The summed E-state index contributed by atoms with van der Waals surface area (Å²) >= 11 is 0. The van der Waals surface area contributed by atoms with E-state index in [1.54, 1.807) is 0 Å². The normalized spacial score (nSPS) is 9.92. The minimum atomic E-state index is -0.649. The highest BCUT2D eigenvalue weighted by atomic mass is 19.1. The van der Waals surface area contributed by atoms with Crippen molar-refractivity contribution < 1.29 is 27.7 Å². The van der Waals surface area contributed by atoms with Crippen LogP contribution in [0.25, 0.3) is 0 Å². The average Bonchev–Trinajstić information content (AvgIpc) is 2.59. The van der Waals surface area contributed by atoms with Gasteiger partial charge in [0.25, 0.3) is 11.8 Å². The molecule has 6 nitrogen and oxygen atoms in total. The quantitative estimate of drug-likeness (QED) is 0.774. The van der Waals surface area contributed by atoms with Crippen molar-refractivity contribution in [1.82, 2.24) is 10.6 Å². The van der Waals surface area contributed by atoms with E-state index in [4.69, 9.17) is 9.31 Å². The van der Waals surface area contributed by atoms with Gasteiger partial charge in [-0.1, -0.05) is 0 Å². The molecular formula is C16H15BF2N2O4. The largest absolute Gasteiger partial charge is 0.576 e. The summed E-state index contributed by atoms with van der Waals surface area (Å²) in [5.74, 6) is -2.09. The molecule has 0 aromatic heterocycles. The van der Waals surface area contributed by atoms with E-state index in [0.717, 1.165) is 24.3 Å². The first-order valence-corrected chi connectivity index (χ1v) is 7.24. The van der Waals surface area contributed by atoms with E-state index in [2.05, 4.69) is 10.6 Å². The van der Waals surface area contributed by atoms with Gasteiger partial charge in [-0.3, -0.25) is 9.59 Å². The smallest absolute Gasteiger partial charge is 0.528 e. The SMILES string of the molecule is CNC(=O)c1cc(F)cc(OBOc2cc(F)cc(C(=O)NC)c2)c1. The molecule has 9 heteroatoms. The second-order valence-electron chi connectivity index (χ2n) is 4.92. The van der Waals surface area contributed by atoms with E-state index in [0.29, 0.717) is 0 Å². The molecule has 0 atom stereocenters. The van der Waals surface area contributed by atoms with Crippen LogP contribution in [0.1, 0.15) is 20.7 Å². The number of hydrogen-bond acceptors (Lipinski definition) is 4. The maximum absolute atomic E-state index is 13.5. The molecule has 2 amide bonds. The van der Waals surface area contributed by atoms with E-state index in [1.165, 1.54) is 26.2 Å². The van der Waals surface area contributed by atoms with Gasteiger partial charge in [-0.25, -0.2) is 8.78 Å². The van der Waals surface area contributed by atoms with Gasteiger partial charge in [0, 0.05) is 37.4 Å². The zero-order valence-corrected chi connectivity index (χ0v) is 13.6. The summed E-state index contributed by atoms with van der Waals surface area (Å²) in [6.07, 6.45) is 0. The summed E-state index contributed by atoms with van der Waals surface area (Å²) in [5, 5.41) is 4.75. The molecule has 0 saturated heterocycles. The number of benzene rings is 2. The molecule has 0 radical (unpaired) electrons. The molecule has 0 aliphatic rings. The number of carbonyl (C=O) groups is 2. The fourth-order valence-electron chi connectivity index (χ4n) is 2.01. The molecule has 2 rings (SSSR count). The molecule has 130 valence electrons. The molecule has 0 fully saturated rings. The van der Waals surface area contributed by atoms with E-state index in [-0.39, 0.29) is 30.3 Å². The number of carbonyl (C=O) groups excluding carboxylic acids is 2. The van der Waals surface area contributed by atoms with Crippen LogP contribution in [-0.2, 0) is 0 Å². The van der Waals surface area contributed by atoms with Crippen LogP contribution in [0.15, 0.2) is 36.4 Å². The maximum Gasteiger partial charge on any atom is 0.576 e. The minimum Gasteiger partial charge on any atom is -0.528 e. The van der Waals surface area contributed by atoms with Gasteiger partial charge < -0.3 is 19.9 Å². The molecule has 0 aliphatic heterocycles. The number of amides is 2. The van der Waals surface area contributed by atoms with Gasteiger partial charge in [0.15, 0.2) is 0 Å². The number of nitrogens with one attached hydrogen (secondary N) is 2. The van der Waals surface area contributed by atoms with Crippen LogP contribution >= 0.6 is 0 Å². The van der Waals surface area contributed by atoms with Crippen LogP contribution in [0, 0.1) is 11.6 Å². The Hall–Kier alpha value is -3.10. The summed E-state index contributed by atoms with van der Waals surface area (Å²) < 4.78 is 37.5. The predicted molar refractivity (Wildman–Crippen MR) is 88.0 cm³/mol. The predicted octanol–water partition coefficient (Wildman–Crippen LogP) is 1.41. The van der Waals surface area contributed by atoms with Crippen LogP contribution in [0.3, 0.4) is 0 Å². The second kappa shape index (κ2) is 8.14. The molecule has 2 N–H and O–H groups in total. The van der Waals surface area contributed by atoms with Gasteiger partial charge in [0.05, 0.1) is 0 Å². The van der Waals surface area contributed by atoms with Crippen molar-refractivity contribution in [2.24, 2.45) is 0 Å². The molecule has 0 unspecified atom stereocenters. The molecule has 2 aromatic rings. The summed E-state index contributed by atoms with van der Waals surface area (Å²) in [4.78, 5) is 23.1. The van der Waals surface area contributed by atoms with E-state index >= 15 is 0 Å². The van der Waals surface area contributed by atoms with Gasteiger partial charge >= 0.3 is 7.69 Å². The van der Waals surface area contributed by atoms with Gasteiger partial charge in [-0.2, -0.15) is 0 Å². The molecule has 2 aromatic carbocycles. The standard InChI is InChI=1S/C16H15BF2N2O4/c1-20-15(22)9-3-11(18)7-13(5-9)24-17-25-14-6-10(16(23)21-2)4-12(19)8-14/h3-8,17H,1-2H3,(H,20,22)(H,21,23). The average molecular weight is 348 g/mol. The van der Waals surface area contributed by atoms with Crippen LogP contribution in [0.5, 0.6) is 11.5 Å². The fraction of sp³-hybridized carbons (Fsp3) is 0.125. The highest BCUT2D eigenvalue weighted by molar-refractivity contribution is 6.20. The second-order valence-corrected chi connectivity index (χ2v) is 4.92. The zero-order chi connectivity index (χ0) is 18.4. The van der Waals surface area contributed by atoms with Crippen molar-refractivity contribution in [1.29, 1.82) is 0 Å². The molecule has 0 heterocycles. The third-order valence-corrected chi connectivity index (χ3v) is 3.17. The van der Waals surface area contributed by atoms with Crippen molar-refractivity contribution in [2.75, 3.05) is 14.1 Å². The van der Waals surface area contributed by atoms with E-state index < -0.39 is 23.4 Å². The van der Waals surface area contributed by atoms with Crippen LogP contribution in [0.2, 0.25) is 0 Å². The molecule has 25 heavy (non-hydrogen) atoms. The Bertz CT molecular complexity index is 736. The first kappa shape index (κ1) is 18.2. The topological polar surface area (TPSA) is 76.7 Å². The highest BCUT2D eigenvalue weighted by Crippen LogP contribution is 2.18. The summed E-state index contributed by atoms with van der Waals surface area (Å²) in [7, 11) is 2.48. The van der Waals surface area contributed by atoms with Gasteiger partial charge in [-0.15, -0.1) is 0 Å². The molecule has 0 spiro atoms. The third kappa shape index (κ3) is 4.94. The van der Waals surface area contributed by atoms with E-state index in [1.807, 2.05) is 0 Å².